The lowest BCUT2D eigenvalue weighted by Crippen LogP contribution is -2.33. The monoisotopic (exact) mass is 460 g/mol. The van der Waals surface area contributed by atoms with Gasteiger partial charge in [-0.1, -0.05) is 28.4 Å². The smallest absolute Gasteiger partial charge is 0.350 e. The number of hydrogen-bond acceptors (Lipinski definition) is 7. The fourth-order valence-electron chi connectivity index (χ4n) is 2.05. The zero-order valence-electron chi connectivity index (χ0n) is 14.8. The second kappa shape index (κ2) is 9.18. The zero-order valence-corrected chi connectivity index (χ0v) is 17.1. The number of amidine groups is 1. The van der Waals surface area contributed by atoms with E-state index in [1.165, 1.54) is 36.4 Å². The minimum Gasteiger partial charge on any atom is -0.380 e. The molecule has 0 fully saturated rings. The minimum absolute atomic E-state index is 0.0601. The molecule has 0 aliphatic rings. The lowest BCUT2D eigenvalue weighted by Gasteiger charge is -2.16. The van der Waals surface area contributed by atoms with Crippen LogP contribution in [0.15, 0.2) is 52.5 Å². The Kier molecular flexibility index (Phi) is 7.14. The van der Waals surface area contributed by atoms with Crippen LogP contribution in [0.3, 0.4) is 0 Å². The van der Waals surface area contributed by atoms with Crippen molar-refractivity contribution in [1.29, 1.82) is 0 Å². The number of nitro benzene ring substituents is 1. The molecule has 0 spiro atoms. The van der Waals surface area contributed by atoms with Gasteiger partial charge in [-0.05, 0) is 30.3 Å². The number of likely N-dealkylation sites (N-methyl/N-ethyl adjacent to an activating group) is 1. The number of nitro groups is 1. The Labute approximate surface area is 175 Å². The van der Waals surface area contributed by atoms with Crippen molar-refractivity contribution in [3.8, 4) is 0 Å². The van der Waals surface area contributed by atoms with Gasteiger partial charge in [-0.2, -0.15) is 4.31 Å². The molecule has 2 rings (SSSR count). The number of rotatable bonds is 7. The van der Waals surface area contributed by atoms with Gasteiger partial charge in [0.25, 0.3) is 5.69 Å². The Morgan fingerprint density at radius 1 is 1.24 bits per heavy atom. The zero-order chi connectivity index (χ0) is 21.8. The predicted molar refractivity (Wildman–Crippen MR) is 106 cm³/mol. The van der Waals surface area contributed by atoms with E-state index in [0.717, 1.165) is 13.1 Å². The van der Waals surface area contributed by atoms with Gasteiger partial charge in [-0.3, -0.25) is 10.1 Å². The molecule has 2 aromatic carbocycles. The highest BCUT2D eigenvalue weighted by atomic mass is 35.5. The van der Waals surface area contributed by atoms with Crippen molar-refractivity contribution < 1.29 is 23.0 Å². The van der Waals surface area contributed by atoms with Gasteiger partial charge in [-0.15, -0.1) is 0 Å². The first-order valence-electron chi connectivity index (χ1n) is 7.72. The number of oxime groups is 1. The van der Waals surface area contributed by atoms with Gasteiger partial charge in [0, 0.05) is 29.8 Å². The molecule has 29 heavy (non-hydrogen) atoms. The topological polar surface area (TPSA) is 145 Å². The molecule has 0 atom stereocenters. The van der Waals surface area contributed by atoms with Gasteiger partial charge in [0.1, 0.15) is 11.4 Å². The van der Waals surface area contributed by atoms with Crippen LogP contribution in [-0.2, 0) is 19.7 Å². The third-order valence-electron chi connectivity index (χ3n) is 3.55. The highest BCUT2D eigenvalue weighted by Crippen LogP contribution is 2.27. The molecule has 0 unspecified atom stereocenters. The molecule has 0 amide bonds. The molecule has 2 N–H and O–H groups in total. The summed E-state index contributed by atoms with van der Waals surface area (Å²) in [6.07, 6.45) is 0. The van der Waals surface area contributed by atoms with Crippen LogP contribution in [0.5, 0.6) is 0 Å². The molecule has 0 aromatic heterocycles. The maximum Gasteiger partial charge on any atom is 0.350 e. The summed E-state index contributed by atoms with van der Waals surface area (Å²) >= 11 is 11.7. The summed E-state index contributed by atoms with van der Waals surface area (Å²) in [5.74, 6) is -1.24. The Morgan fingerprint density at radius 2 is 1.86 bits per heavy atom. The van der Waals surface area contributed by atoms with E-state index >= 15 is 0 Å². The van der Waals surface area contributed by atoms with Crippen LogP contribution in [-0.4, -0.2) is 43.0 Å². The second-order valence-electron chi connectivity index (χ2n) is 5.58. The molecular weight excluding hydrogens is 447 g/mol. The number of nitrogens with zero attached hydrogens (tertiary/aromatic N) is 3. The molecule has 0 radical (unpaired) electrons. The number of sulfonamides is 1. The average molecular weight is 461 g/mol. The SMILES string of the molecule is CN(CC(=O)O/N=C(\N)c1ccc([N+](=O)[O-])cc1)S(=O)(=O)c1cc(Cl)ccc1Cl. The Balaban J connectivity index is 2.06. The largest absolute Gasteiger partial charge is 0.380 e. The Morgan fingerprint density at radius 3 is 2.45 bits per heavy atom. The molecule has 154 valence electrons. The van der Waals surface area contributed by atoms with Crippen molar-refractivity contribution >= 4 is 50.7 Å². The van der Waals surface area contributed by atoms with Crippen LogP contribution in [0.4, 0.5) is 5.69 Å². The molecule has 0 heterocycles. The quantitative estimate of drug-likeness (QED) is 0.219. The first-order chi connectivity index (χ1) is 13.5. The first kappa shape index (κ1) is 22.6. The summed E-state index contributed by atoms with van der Waals surface area (Å²) in [4.78, 5) is 26.3. The summed E-state index contributed by atoms with van der Waals surface area (Å²) in [6, 6.07) is 8.95. The van der Waals surface area contributed by atoms with Gasteiger partial charge in [0.15, 0.2) is 5.84 Å². The van der Waals surface area contributed by atoms with Crippen molar-refractivity contribution in [3.63, 3.8) is 0 Å². The molecule has 0 bridgehead atoms. The molecule has 13 heteroatoms. The number of non-ortho nitro benzene ring substituents is 1. The standard InChI is InChI=1S/C16H14Cl2N4O6S/c1-21(29(26,27)14-8-11(17)4-7-13(14)18)9-15(23)28-20-16(19)10-2-5-12(6-3-10)22(24)25/h2-8H,9H2,1H3,(H2,19,20). The number of nitrogens with two attached hydrogens (primary N) is 1. The maximum atomic E-state index is 12.5. The van der Waals surface area contributed by atoms with E-state index in [-0.39, 0.29) is 32.0 Å². The fourth-order valence-corrected chi connectivity index (χ4v) is 3.89. The Bertz CT molecular complexity index is 1070. The van der Waals surface area contributed by atoms with E-state index in [2.05, 4.69) is 9.99 Å². The predicted octanol–water partition coefficient (Wildman–Crippen LogP) is 2.39. The van der Waals surface area contributed by atoms with Crippen LogP contribution in [0.25, 0.3) is 0 Å². The fraction of sp³-hybridized carbons (Fsp3) is 0.125. The average Bonchev–Trinajstić information content (AvgIpc) is 2.67. The minimum atomic E-state index is -4.12. The number of hydrogen-bond donors (Lipinski definition) is 1. The van der Waals surface area contributed by atoms with Gasteiger partial charge in [-0.25, -0.2) is 13.2 Å². The van der Waals surface area contributed by atoms with E-state index in [1.807, 2.05) is 0 Å². The Hall–Kier alpha value is -2.73. The van der Waals surface area contributed by atoms with Crippen molar-refractivity contribution in [2.45, 2.75) is 4.90 Å². The van der Waals surface area contributed by atoms with E-state index < -0.39 is 27.5 Å². The molecule has 0 saturated carbocycles. The van der Waals surface area contributed by atoms with Gasteiger partial charge >= 0.3 is 5.97 Å². The van der Waals surface area contributed by atoms with Gasteiger partial charge in [0.2, 0.25) is 10.0 Å². The first-order valence-corrected chi connectivity index (χ1v) is 9.91. The maximum absolute atomic E-state index is 12.5. The molecule has 0 aliphatic carbocycles. The highest BCUT2D eigenvalue weighted by molar-refractivity contribution is 7.89. The number of halogens is 2. The van der Waals surface area contributed by atoms with E-state index in [0.29, 0.717) is 4.31 Å². The molecule has 0 aliphatic heterocycles. The third-order valence-corrected chi connectivity index (χ3v) is 6.07. The summed E-state index contributed by atoms with van der Waals surface area (Å²) < 4.78 is 25.8. The normalized spacial score (nSPS) is 12.1. The second-order valence-corrected chi connectivity index (χ2v) is 8.44. The van der Waals surface area contributed by atoms with Crippen LogP contribution in [0.1, 0.15) is 5.56 Å². The van der Waals surface area contributed by atoms with Crippen molar-refractivity contribution in [3.05, 3.63) is 68.2 Å². The third kappa shape index (κ3) is 5.64. The van der Waals surface area contributed by atoms with E-state index in [1.54, 1.807) is 0 Å². The van der Waals surface area contributed by atoms with Crippen LogP contribution in [0, 0.1) is 10.1 Å². The summed E-state index contributed by atoms with van der Waals surface area (Å²) in [5.41, 5.74) is 5.78. The number of carbonyl (C=O) groups is 1. The number of benzene rings is 2. The lowest BCUT2D eigenvalue weighted by atomic mass is 10.2. The molecule has 2 aromatic rings. The highest BCUT2D eigenvalue weighted by Gasteiger charge is 2.26. The van der Waals surface area contributed by atoms with Crippen LogP contribution >= 0.6 is 23.2 Å². The van der Waals surface area contributed by atoms with Crippen molar-refractivity contribution in [1.82, 2.24) is 4.31 Å². The van der Waals surface area contributed by atoms with Gasteiger partial charge in [0.05, 0.1) is 9.95 Å². The molecule has 10 nitrogen and oxygen atoms in total. The van der Waals surface area contributed by atoms with Gasteiger partial charge < -0.3 is 10.6 Å². The summed E-state index contributed by atoms with van der Waals surface area (Å²) in [5, 5.41) is 14.1. The molecular formula is C16H14Cl2N4O6S. The van der Waals surface area contributed by atoms with Crippen LogP contribution < -0.4 is 5.73 Å². The lowest BCUT2D eigenvalue weighted by molar-refractivity contribution is -0.384. The molecule has 0 saturated heterocycles. The summed E-state index contributed by atoms with van der Waals surface area (Å²) in [7, 11) is -2.97. The van der Waals surface area contributed by atoms with Crippen molar-refractivity contribution in [2.24, 2.45) is 10.9 Å². The number of carbonyl (C=O) groups excluding carboxylic acids is 1. The van der Waals surface area contributed by atoms with E-state index in [9.17, 15) is 23.3 Å². The van der Waals surface area contributed by atoms with Crippen molar-refractivity contribution in [2.75, 3.05) is 13.6 Å². The summed E-state index contributed by atoms with van der Waals surface area (Å²) in [6.45, 7) is -0.678. The van der Waals surface area contributed by atoms with Crippen LogP contribution in [0.2, 0.25) is 10.0 Å². The van der Waals surface area contributed by atoms with E-state index in [4.69, 9.17) is 28.9 Å².